The molecule has 0 saturated heterocycles. The number of rotatable bonds is 7. The highest BCUT2D eigenvalue weighted by Crippen LogP contribution is 2.19. The molecule has 1 amide bonds. The highest BCUT2D eigenvalue weighted by atomic mass is 19.2. The second-order valence-electron chi connectivity index (χ2n) is 5.63. The van der Waals surface area contributed by atoms with E-state index in [0.717, 1.165) is 24.1 Å². The predicted octanol–water partition coefficient (Wildman–Crippen LogP) is 2.84. The number of halogens is 3. The molecular formula is C19H21F3N4O. The first-order valence-corrected chi connectivity index (χ1v) is 8.50. The zero-order chi connectivity index (χ0) is 19.6. The van der Waals surface area contributed by atoms with Gasteiger partial charge in [0.15, 0.2) is 23.4 Å². The summed E-state index contributed by atoms with van der Waals surface area (Å²) in [6.07, 6.45) is 0.775. The van der Waals surface area contributed by atoms with Crippen molar-refractivity contribution >= 4 is 17.6 Å². The molecule has 0 atom stereocenters. The molecule has 3 N–H and O–H groups in total. The molecule has 0 unspecified atom stereocenters. The Bertz CT molecular complexity index is 797. The molecule has 2 aromatic rings. The fourth-order valence-corrected chi connectivity index (χ4v) is 2.27. The number of hydrogen-bond donors (Lipinski definition) is 3. The Morgan fingerprint density at radius 1 is 1.00 bits per heavy atom. The monoisotopic (exact) mass is 378 g/mol. The van der Waals surface area contributed by atoms with Crippen LogP contribution in [0.15, 0.2) is 47.5 Å². The Morgan fingerprint density at radius 3 is 2.44 bits per heavy atom. The van der Waals surface area contributed by atoms with Gasteiger partial charge in [-0.15, -0.1) is 0 Å². The molecule has 0 aliphatic heterocycles. The van der Waals surface area contributed by atoms with E-state index in [1.807, 2.05) is 37.3 Å². The lowest BCUT2D eigenvalue weighted by Gasteiger charge is -2.11. The Hall–Kier alpha value is -3.03. The van der Waals surface area contributed by atoms with Crippen LogP contribution in [-0.2, 0) is 11.2 Å². The van der Waals surface area contributed by atoms with Crippen molar-refractivity contribution in [1.29, 1.82) is 0 Å². The zero-order valence-corrected chi connectivity index (χ0v) is 14.9. The van der Waals surface area contributed by atoms with E-state index in [-0.39, 0.29) is 6.54 Å². The molecule has 5 nitrogen and oxygen atoms in total. The van der Waals surface area contributed by atoms with Crippen molar-refractivity contribution in [2.45, 2.75) is 13.3 Å². The molecule has 0 aromatic heterocycles. The second kappa shape index (κ2) is 10.2. The number of benzene rings is 2. The fourth-order valence-electron chi connectivity index (χ4n) is 2.27. The fraction of sp³-hybridized carbons (Fsp3) is 0.263. The summed E-state index contributed by atoms with van der Waals surface area (Å²) in [5.74, 6) is -4.62. The summed E-state index contributed by atoms with van der Waals surface area (Å²) in [4.78, 5) is 16.0. The van der Waals surface area contributed by atoms with Gasteiger partial charge in [0.05, 0.1) is 5.69 Å². The minimum absolute atomic E-state index is 0.306. The highest BCUT2D eigenvalue weighted by Gasteiger charge is 2.15. The maximum atomic E-state index is 13.6. The van der Waals surface area contributed by atoms with Crippen LogP contribution in [0.3, 0.4) is 0 Å². The zero-order valence-electron chi connectivity index (χ0n) is 14.9. The topological polar surface area (TPSA) is 65.5 Å². The average Bonchev–Trinajstić information content (AvgIpc) is 2.67. The lowest BCUT2D eigenvalue weighted by Crippen LogP contribution is -2.39. The van der Waals surface area contributed by atoms with Gasteiger partial charge in [0.2, 0.25) is 5.91 Å². The summed E-state index contributed by atoms with van der Waals surface area (Å²) in [7, 11) is 0. The Labute approximate surface area is 155 Å². The largest absolute Gasteiger partial charge is 0.357 e. The maximum Gasteiger partial charge on any atom is 0.246 e. The van der Waals surface area contributed by atoms with Gasteiger partial charge in [-0.2, -0.15) is 0 Å². The predicted molar refractivity (Wildman–Crippen MR) is 99.1 cm³/mol. The molecule has 0 radical (unpaired) electrons. The standard InChI is InChI=1S/C19H21F3N4O/c1-2-23-19(24-11-10-13-6-4-3-5-7-13)25-12-16(27)26-15-9-8-14(20)17(21)18(15)22/h3-9H,2,10-12H2,1H3,(H,26,27)(H2,23,24,25). The van der Waals surface area contributed by atoms with Crippen molar-refractivity contribution in [3.8, 4) is 0 Å². The normalized spacial score (nSPS) is 11.2. The molecule has 27 heavy (non-hydrogen) atoms. The molecule has 0 spiro atoms. The molecule has 8 heteroatoms. The van der Waals surface area contributed by atoms with Crippen LogP contribution in [-0.4, -0.2) is 31.5 Å². The van der Waals surface area contributed by atoms with E-state index < -0.39 is 29.0 Å². The van der Waals surface area contributed by atoms with Crippen LogP contribution in [0.4, 0.5) is 18.9 Å². The molecule has 0 bridgehead atoms. The number of nitrogens with one attached hydrogen (secondary N) is 3. The summed E-state index contributed by atoms with van der Waals surface area (Å²) >= 11 is 0. The van der Waals surface area contributed by atoms with Gasteiger partial charge in [0, 0.05) is 13.1 Å². The number of guanidine groups is 1. The van der Waals surface area contributed by atoms with Gasteiger partial charge in [0.1, 0.15) is 6.54 Å². The van der Waals surface area contributed by atoms with Gasteiger partial charge in [-0.1, -0.05) is 30.3 Å². The highest BCUT2D eigenvalue weighted by molar-refractivity contribution is 5.94. The third kappa shape index (κ3) is 6.32. The van der Waals surface area contributed by atoms with Crippen LogP contribution in [0.25, 0.3) is 0 Å². The van der Waals surface area contributed by atoms with E-state index in [9.17, 15) is 18.0 Å². The first-order valence-electron chi connectivity index (χ1n) is 8.50. The second-order valence-corrected chi connectivity index (χ2v) is 5.63. The minimum atomic E-state index is -1.63. The van der Waals surface area contributed by atoms with Crippen molar-refractivity contribution in [3.63, 3.8) is 0 Å². The molecule has 0 fully saturated rings. The van der Waals surface area contributed by atoms with Crippen LogP contribution in [0, 0.1) is 17.5 Å². The van der Waals surface area contributed by atoms with Crippen LogP contribution >= 0.6 is 0 Å². The molecular weight excluding hydrogens is 357 g/mol. The van der Waals surface area contributed by atoms with Gasteiger partial charge >= 0.3 is 0 Å². The number of hydrogen-bond acceptors (Lipinski definition) is 2. The van der Waals surface area contributed by atoms with Gasteiger partial charge in [-0.3, -0.25) is 4.79 Å². The minimum Gasteiger partial charge on any atom is -0.357 e. The third-order valence-electron chi connectivity index (χ3n) is 3.58. The van der Waals surface area contributed by atoms with E-state index in [4.69, 9.17) is 0 Å². The molecule has 0 aliphatic rings. The number of aliphatic imine (C=N–C) groups is 1. The number of nitrogens with zero attached hydrogens (tertiary/aromatic N) is 1. The number of carbonyl (C=O) groups excluding carboxylic acids is 1. The van der Waals surface area contributed by atoms with E-state index in [1.165, 1.54) is 0 Å². The van der Waals surface area contributed by atoms with Crippen LogP contribution < -0.4 is 16.0 Å². The summed E-state index contributed by atoms with van der Waals surface area (Å²) in [6.45, 7) is 2.77. The van der Waals surface area contributed by atoms with Crippen molar-refractivity contribution in [2.75, 3.05) is 25.0 Å². The molecule has 0 saturated carbocycles. The molecule has 2 aromatic carbocycles. The maximum absolute atomic E-state index is 13.6. The smallest absolute Gasteiger partial charge is 0.246 e. The first kappa shape index (κ1) is 20.3. The number of anilines is 1. The molecule has 0 heterocycles. The molecule has 2 rings (SSSR count). The summed E-state index contributed by atoms with van der Waals surface area (Å²) in [5.41, 5.74) is 0.726. The third-order valence-corrected chi connectivity index (χ3v) is 3.58. The summed E-state index contributed by atoms with van der Waals surface area (Å²) in [6, 6.07) is 11.6. The first-order chi connectivity index (χ1) is 13.0. The Balaban J connectivity index is 1.89. The number of amides is 1. The summed E-state index contributed by atoms with van der Waals surface area (Å²) in [5, 5.41) is 8.26. The quantitative estimate of drug-likeness (QED) is 0.394. The van der Waals surface area contributed by atoms with Gasteiger partial charge in [0.25, 0.3) is 0 Å². The molecule has 0 aliphatic carbocycles. The summed E-state index contributed by atoms with van der Waals surface area (Å²) < 4.78 is 39.7. The van der Waals surface area contributed by atoms with Gasteiger partial charge in [-0.25, -0.2) is 18.2 Å². The Morgan fingerprint density at radius 2 is 1.74 bits per heavy atom. The van der Waals surface area contributed by atoms with Gasteiger partial charge < -0.3 is 16.0 Å². The van der Waals surface area contributed by atoms with Gasteiger partial charge in [-0.05, 0) is 31.0 Å². The lowest BCUT2D eigenvalue weighted by atomic mass is 10.1. The van der Waals surface area contributed by atoms with Crippen molar-refractivity contribution in [2.24, 2.45) is 4.99 Å². The van der Waals surface area contributed by atoms with E-state index in [0.29, 0.717) is 19.0 Å². The van der Waals surface area contributed by atoms with Crippen molar-refractivity contribution < 1.29 is 18.0 Å². The number of carbonyl (C=O) groups is 1. The lowest BCUT2D eigenvalue weighted by molar-refractivity contribution is -0.114. The van der Waals surface area contributed by atoms with E-state index in [1.54, 1.807) is 0 Å². The van der Waals surface area contributed by atoms with Crippen LogP contribution in [0.5, 0.6) is 0 Å². The van der Waals surface area contributed by atoms with Crippen molar-refractivity contribution in [3.05, 3.63) is 65.5 Å². The SMILES string of the molecule is CCNC(=NCC(=O)Nc1ccc(F)c(F)c1F)NCCc1ccccc1. The van der Waals surface area contributed by atoms with Crippen LogP contribution in [0.2, 0.25) is 0 Å². The average molecular weight is 378 g/mol. The van der Waals surface area contributed by atoms with E-state index >= 15 is 0 Å². The van der Waals surface area contributed by atoms with Crippen LogP contribution in [0.1, 0.15) is 12.5 Å². The van der Waals surface area contributed by atoms with E-state index in [2.05, 4.69) is 20.9 Å². The van der Waals surface area contributed by atoms with Crippen molar-refractivity contribution in [1.82, 2.24) is 10.6 Å². The Kier molecular flexibility index (Phi) is 7.66. The molecule has 144 valence electrons.